The molecule has 2 saturated heterocycles. The molecule has 2 fully saturated rings. The van der Waals surface area contributed by atoms with Crippen molar-refractivity contribution < 1.29 is 23.8 Å². The van der Waals surface area contributed by atoms with Gasteiger partial charge in [-0.2, -0.15) is 4.98 Å². The SMILES string of the molecule is COc1ccc(C(=O)N2CCC[C@H](CCC(=O)N3CCOCC3)C2)c(OC)n1. The van der Waals surface area contributed by atoms with Crippen LogP contribution < -0.4 is 9.47 Å². The van der Waals surface area contributed by atoms with Gasteiger partial charge in [0.15, 0.2) is 0 Å². The van der Waals surface area contributed by atoms with Crippen molar-refractivity contribution in [1.29, 1.82) is 0 Å². The molecule has 0 bridgehead atoms. The molecular weight excluding hydrogens is 362 g/mol. The summed E-state index contributed by atoms with van der Waals surface area (Å²) in [6, 6.07) is 3.36. The Kier molecular flexibility index (Phi) is 7.08. The van der Waals surface area contributed by atoms with E-state index in [2.05, 4.69) is 4.98 Å². The van der Waals surface area contributed by atoms with E-state index in [4.69, 9.17) is 14.2 Å². The summed E-state index contributed by atoms with van der Waals surface area (Å²) in [5, 5.41) is 0. The van der Waals surface area contributed by atoms with E-state index in [0.717, 1.165) is 19.3 Å². The standard InChI is InChI=1S/C20H29N3O5/c1-26-17-7-6-16(19(21-17)27-2)20(25)23-9-3-4-15(14-23)5-8-18(24)22-10-12-28-13-11-22/h6-7,15H,3-5,8-14H2,1-2H3/t15-/m1/s1. The van der Waals surface area contributed by atoms with Crippen LogP contribution >= 0.6 is 0 Å². The maximum absolute atomic E-state index is 13.0. The lowest BCUT2D eigenvalue weighted by molar-refractivity contribution is -0.135. The van der Waals surface area contributed by atoms with Gasteiger partial charge in [0, 0.05) is 38.7 Å². The van der Waals surface area contributed by atoms with Crippen LogP contribution in [0.15, 0.2) is 12.1 Å². The number of carbonyl (C=O) groups excluding carboxylic acids is 2. The van der Waals surface area contributed by atoms with Crippen LogP contribution in [0, 0.1) is 5.92 Å². The molecule has 0 saturated carbocycles. The number of methoxy groups -OCH3 is 2. The topological polar surface area (TPSA) is 81.2 Å². The maximum Gasteiger partial charge on any atom is 0.259 e. The average molecular weight is 391 g/mol. The third kappa shape index (κ3) is 4.92. The molecule has 1 atom stereocenters. The third-order valence-electron chi connectivity index (χ3n) is 5.40. The van der Waals surface area contributed by atoms with Crippen molar-refractivity contribution in [2.75, 3.05) is 53.6 Å². The molecule has 0 spiro atoms. The molecule has 2 aliphatic rings. The number of nitrogens with zero attached hydrogens (tertiary/aromatic N) is 3. The summed E-state index contributed by atoms with van der Waals surface area (Å²) in [5.74, 6) is 1.12. The van der Waals surface area contributed by atoms with Gasteiger partial charge in [-0.1, -0.05) is 0 Å². The molecule has 2 amide bonds. The molecule has 3 heterocycles. The number of pyridine rings is 1. The summed E-state index contributed by atoms with van der Waals surface area (Å²) in [6.45, 7) is 3.97. The van der Waals surface area contributed by atoms with Crippen molar-refractivity contribution in [3.63, 3.8) is 0 Å². The molecule has 0 N–H and O–H groups in total. The number of likely N-dealkylation sites (tertiary alicyclic amines) is 1. The molecular formula is C20H29N3O5. The molecule has 28 heavy (non-hydrogen) atoms. The fourth-order valence-electron chi connectivity index (χ4n) is 3.81. The average Bonchev–Trinajstić information content (AvgIpc) is 2.77. The molecule has 0 aromatic carbocycles. The summed E-state index contributed by atoms with van der Waals surface area (Å²) >= 11 is 0. The highest BCUT2D eigenvalue weighted by atomic mass is 16.5. The number of carbonyl (C=O) groups is 2. The fraction of sp³-hybridized carbons (Fsp3) is 0.650. The van der Waals surface area contributed by atoms with E-state index in [1.807, 2.05) is 9.80 Å². The van der Waals surface area contributed by atoms with Crippen LogP contribution in [0.3, 0.4) is 0 Å². The van der Waals surface area contributed by atoms with Crippen LogP contribution in [0.5, 0.6) is 11.8 Å². The van der Waals surface area contributed by atoms with E-state index in [9.17, 15) is 9.59 Å². The molecule has 3 rings (SSSR count). The summed E-state index contributed by atoms with van der Waals surface area (Å²) in [7, 11) is 3.02. The van der Waals surface area contributed by atoms with E-state index in [1.54, 1.807) is 12.1 Å². The minimum atomic E-state index is -0.0868. The van der Waals surface area contributed by atoms with E-state index in [0.29, 0.717) is 63.2 Å². The predicted octanol–water partition coefficient (Wildman–Crippen LogP) is 1.59. The van der Waals surface area contributed by atoms with Gasteiger partial charge in [0.25, 0.3) is 5.91 Å². The lowest BCUT2D eigenvalue weighted by atomic mass is 9.92. The Balaban J connectivity index is 1.57. The maximum atomic E-state index is 13.0. The number of aromatic nitrogens is 1. The van der Waals surface area contributed by atoms with Crippen LogP contribution in [0.4, 0.5) is 0 Å². The van der Waals surface area contributed by atoms with Gasteiger partial charge in [0.1, 0.15) is 5.56 Å². The second-order valence-electron chi connectivity index (χ2n) is 7.20. The highest BCUT2D eigenvalue weighted by Crippen LogP contribution is 2.26. The predicted molar refractivity (Wildman–Crippen MR) is 103 cm³/mol. The van der Waals surface area contributed by atoms with Gasteiger partial charge < -0.3 is 24.0 Å². The molecule has 0 radical (unpaired) electrons. The van der Waals surface area contributed by atoms with E-state index >= 15 is 0 Å². The first-order valence-corrected chi connectivity index (χ1v) is 9.86. The van der Waals surface area contributed by atoms with Gasteiger partial charge in [-0.25, -0.2) is 0 Å². The first kappa shape index (κ1) is 20.4. The number of rotatable bonds is 6. The highest BCUT2D eigenvalue weighted by molar-refractivity contribution is 5.96. The number of piperidine rings is 1. The normalized spacial score (nSPS) is 20.0. The minimum absolute atomic E-state index is 0.0868. The quantitative estimate of drug-likeness (QED) is 0.733. The zero-order chi connectivity index (χ0) is 19.9. The molecule has 1 aromatic heterocycles. The first-order valence-electron chi connectivity index (χ1n) is 9.86. The Hall–Kier alpha value is -2.35. The van der Waals surface area contributed by atoms with Crippen LogP contribution in [0.25, 0.3) is 0 Å². The van der Waals surface area contributed by atoms with Crippen LogP contribution in [-0.4, -0.2) is 80.2 Å². The van der Waals surface area contributed by atoms with Crippen molar-refractivity contribution in [3.05, 3.63) is 17.7 Å². The summed E-state index contributed by atoms with van der Waals surface area (Å²) in [5.41, 5.74) is 0.438. The van der Waals surface area contributed by atoms with Crippen molar-refractivity contribution in [2.24, 2.45) is 5.92 Å². The molecule has 8 heteroatoms. The largest absolute Gasteiger partial charge is 0.481 e. The molecule has 8 nitrogen and oxygen atoms in total. The first-order chi connectivity index (χ1) is 13.6. The minimum Gasteiger partial charge on any atom is -0.481 e. The summed E-state index contributed by atoms with van der Waals surface area (Å²) in [4.78, 5) is 33.3. The Labute approximate surface area is 165 Å². The molecule has 2 aliphatic heterocycles. The van der Waals surface area contributed by atoms with Crippen LogP contribution in [0.2, 0.25) is 0 Å². The Morgan fingerprint density at radius 3 is 2.64 bits per heavy atom. The second-order valence-corrected chi connectivity index (χ2v) is 7.20. The molecule has 154 valence electrons. The summed E-state index contributed by atoms with van der Waals surface area (Å²) < 4.78 is 15.7. The van der Waals surface area contributed by atoms with Gasteiger partial charge >= 0.3 is 0 Å². The van der Waals surface area contributed by atoms with Crippen LogP contribution in [-0.2, 0) is 9.53 Å². The monoisotopic (exact) mass is 391 g/mol. The fourth-order valence-corrected chi connectivity index (χ4v) is 3.81. The zero-order valence-corrected chi connectivity index (χ0v) is 16.7. The molecule has 1 aromatic rings. The lowest BCUT2D eigenvalue weighted by Crippen LogP contribution is -2.42. The van der Waals surface area contributed by atoms with Crippen molar-refractivity contribution in [3.8, 4) is 11.8 Å². The Bertz CT molecular complexity index is 690. The molecule has 0 unspecified atom stereocenters. The van der Waals surface area contributed by atoms with Gasteiger partial charge in [-0.15, -0.1) is 0 Å². The lowest BCUT2D eigenvalue weighted by Gasteiger charge is -2.33. The number of amides is 2. The smallest absolute Gasteiger partial charge is 0.259 e. The van der Waals surface area contributed by atoms with E-state index in [-0.39, 0.29) is 17.7 Å². The third-order valence-corrected chi connectivity index (χ3v) is 5.40. The summed E-state index contributed by atoms with van der Waals surface area (Å²) in [6.07, 6.45) is 3.31. The van der Waals surface area contributed by atoms with Crippen LogP contribution in [0.1, 0.15) is 36.0 Å². The van der Waals surface area contributed by atoms with E-state index in [1.165, 1.54) is 14.2 Å². The second kappa shape index (κ2) is 9.73. The van der Waals surface area contributed by atoms with E-state index < -0.39 is 0 Å². The van der Waals surface area contributed by atoms with Gasteiger partial charge in [-0.3, -0.25) is 9.59 Å². The van der Waals surface area contributed by atoms with Crippen molar-refractivity contribution in [2.45, 2.75) is 25.7 Å². The number of hydrogen-bond donors (Lipinski definition) is 0. The molecule has 0 aliphatic carbocycles. The highest BCUT2D eigenvalue weighted by Gasteiger charge is 2.28. The van der Waals surface area contributed by atoms with Crippen molar-refractivity contribution >= 4 is 11.8 Å². The van der Waals surface area contributed by atoms with Gasteiger partial charge in [0.2, 0.25) is 17.7 Å². The Morgan fingerprint density at radius 1 is 1.14 bits per heavy atom. The zero-order valence-electron chi connectivity index (χ0n) is 16.7. The number of morpholine rings is 1. The number of hydrogen-bond acceptors (Lipinski definition) is 6. The van der Waals surface area contributed by atoms with Gasteiger partial charge in [0.05, 0.1) is 27.4 Å². The van der Waals surface area contributed by atoms with Crippen molar-refractivity contribution in [1.82, 2.24) is 14.8 Å². The van der Waals surface area contributed by atoms with Gasteiger partial charge in [-0.05, 0) is 31.2 Å². The number of ether oxygens (including phenoxy) is 3. The Morgan fingerprint density at radius 2 is 1.93 bits per heavy atom.